The molecule has 2 N–H and O–H groups in total. The van der Waals surface area contributed by atoms with Gasteiger partial charge in [-0.25, -0.2) is 4.79 Å². The first-order valence-electron chi connectivity index (χ1n) is 4.53. The van der Waals surface area contributed by atoms with Gasteiger partial charge in [0.25, 0.3) is 0 Å². The van der Waals surface area contributed by atoms with E-state index in [0.717, 1.165) is 0 Å². The molecule has 1 aromatic carbocycles. The second kappa shape index (κ2) is 6.42. The highest BCUT2D eigenvalue weighted by Gasteiger charge is 2.18. The van der Waals surface area contributed by atoms with E-state index in [1.54, 1.807) is 12.1 Å². The molecule has 17 heavy (non-hydrogen) atoms. The van der Waals surface area contributed by atoms with Gasteiger partial charge in [-0.05, 0) is 34.7 Å². The highest BCUT2D eigenvalue weighted by atomic mass is 127. The average molecular weight is 388 g/mol. The highest BCUT2D eigenvalue weighted by Crippen LogP contribution is 2.30. The predicted octanol–water partition coefficient (Wildman–Crippen LogP) is 3.05. The Bertz CT molecular complexity index is 453. The van der Waals surface area contributed by atoms with Crippen molar-refractivity contribution in [1.29, 1.82) is 0 Å². The first kappa shape index (κ1) is 14.5. The number of carbonyl (C=O) groups is 2. The van der Waals surface area contributed by atoms with E-state index in [-0.39, 0.29) is 6.42 Å². The molecule has 92 valence electrons. The lowest BCUT2D eigenvalue weighted by atomic mass is 10.2. The molecule has 0 fully saturated rings. The summed E-state index contributed by atoms with van der Waals surface area (Å²) in [6, 6.07) is 2.14. The van der Waals surface area contributed by atoms with Crippen LogP contribution in [0.5, 0.6) is 0 Å². The van der Waals surface area contributed by atoms with Gasteiger partial charge in [-0.2, -0.15) is 0 Å². The minimum atomic E-state index is -1.11. The lowest BCUT2D eigenvalue weighted by Gasteiger charge is -2.15. The molecule has 0 aliphatic carbocycles. The summed E-state index contributed by atoms with van der Waals surface area (Å²) >= 11 is 13.7. The van der Waals surface area contributed by atoms with Crippen molar-refractivity contribution in [2.75, 3.05) is 5.32 Å². The molecule has 0 aromatic heterocycles. The van der Waals surface area contributed by atoms with E-state index in [0.29, 0.717) is 25.6 Å². The van der Waals surface area contributed by atoms with Gasteiger partial charge in [0.2, 0.25) is 0 Å². The zero-order chi connectivity index (χ0) is 13.0. The minimum absolute atomic E-state index is 0.129. The third-order valence-corrected chi connectivity index (χ3v) is 3.95. The fourth-order valence-electron chi connectivity index (χ4n) is 1.17. The van der Waals surface area contributed by atoms with Crippen LogP contribution in [0, 0.1) is 3.57 Å². The van der Waals surface area contributed by atoms with Crippen LogP contribution in [0.25, 0.3) is 0 Å². The Morgan fingerprint density at radius 3 is 2.71 bits per heavy atom. The number of hydrogen-bond donors (Lipinski definition) is 2. The van der Waals surface area contributed by atoms with Crippen molar-refractivity contribution in [3.8, 4) is 0 Å². The largest absolute Gasteiger partial charge is 0.480 e. The molecule has 0 saturated heterocycles. The standard InChI is InChI=1S/C10H8Cl2INO3/c11-5-3-6(12)9(13)8(4-5)14-7(1-2-15)10(16)17/h2-4,7,14H,1H2,(H,16,17). The molecule has 0 aliphatic heterocycles. The molecule has 1 atom stereocenters. The van der Waals surface area contributed by atoms with E-state index < -0.39 is 12.0 Å². The highest BCUT2D eigenvalue weighted by molar-refractivity contribution is 14.1. The summed E-state index contributed by atoms with van der Waals surface area (Å²) in [4.78, 5) is 21.3. The molecule has 1 aromatic rings. The Hall–Kier alpha value is -0.530. The van der Waals surface area contributed by atoms with E-state index >= 15 is 0 Å². The van der Waals surface area contributed by atoms with Gasteiger partial charge in [0.05, 0.1) is 14.3 Å². The lowest BCUT2D eigenvalue weighted by Crippen LogP contribution is -2.29. The van der Waals surface area contributed by atoms with E-state index in [9.17, 15) is 9.59 Å². The molecule has 0 amide bonds. The van der Waals surface area contributed by atoms with Crippen molar-refractivity contribution >= 4 is 63.7 Å². The van der Waals surface area contributed by atoms with Crippen LogP contribution in [0.1, 0.15) is 6.42 Å². The van der Waals surface area contributed by atoms with Gasteiger partial charge < -0.3 is 15.2 Å². The van der Waals surface area contributed by atoms with E-state index in [1.807, 2.05) is 22.6 Å². The number of anilines is 1. The Kier molecular flexibility index (Phi) is 5.48. The number of aliphatic carboxylic acids is 1. The smallest absolute Gasteiger partial charge is 0.326 e. The number of carboxylic acids is 1. The summed E-state index contributed by atoms with van der Waals surface area (Å²) in [5.41, 5.74) is 0.498. The van der Waals surface area contributed by atoms with Crippen LogP contribution in [-0.2, 0) is 9.59 Å². The number of benzene rings is 1. The number of carbonyl (C=O) groups excluding carboxylic acids is 1. The van der Waals surface area contributed by atoms with Crippen LogP contribution in [-0.4, -0.2) is 23.4 Å². The van der Waals surface area contributed by atoms with Gasteiger partial charge in [-0.1, -0.05) is 23.2 Å². The lowest BCUT2D eigenvalue weighted by molar-refractivity contribution is -0.138. The maximum Gasteiger partial charge on any atom is 0.326 e. The maximum atomic E-state index is 10.9. The zero-order valence-electron chi connectivity index (χ0n) is 8.41. The fourth-order valence-corrected chi connectivity index (χ4v) is 2.13. The topological polar surface area (TPSA) is 66.4 Å². The van der Waals surface area contributed by atoms with Crippen molar-refractivity contribution in [3.63, 3.8) is 0 Å². The summed E-state index contributed by atoms with van der Waals surface area (Å²) in [5.74, 6) is -1.11. The summed E-state index contributed by atoms with van der Waals surface area (Å²) in [7, 11) is 0. The quantitative estimate of drug-likeness (QED) is 0.463. The van der Waals surface area contributed by atoms with E-state index in [1.165, 1.54) is 0 Å². The third-order valence-electron chi connectivity index (χ3n) is 1.95. The fraction of sp³-hybridized carbons (Fsp3) is 0.200. The van der Waals surface area contributed by atoms with Crippen molar-refractivity contribution in [2.24, 2.45) is 0 Å². The van der Waals surface area contributed by atoms with E-state index in [4.69, 9.17) is 28.3 Å². The van der Waals surface area contributed by atoms with Crippen LogP contribution < -0.4 is 5.32 Å². The van der Waals surface area contributed by atoms with Gasteiger partial charge in [0.15, 0.2) is 0 Å². The second-order valence-corrected chi connectivity index (χ2v) is 5.11. The van der Waals surface area contributed by atoms with Crippen molar-refractivity contribution < 1.29 is 14.7 Å². The minimum Gasteiger partial charge on any atom is -0.480 e. The molecule has 0 aliphatic rings. The zero-order valence-corrected chi connectivity index (χ0v) is 12.1. The molecular weight excluding hydrogens is 380 g/mol. The number of hydrogen-bond acceptors (Lipinski definition) is 3. The predicted molar refractivity (Wildman–Crippen MR) is 74.9 cm³/mol. The second-order valence-electron chi connectivity index (χ2n) is 3.19. The summed E-state index contributed by atoms with van der Waals surface area (Å²) in [6.07, 6.45) is 0.417. The van der Waals surface area contributed by atoms with Gasteiger partial charge in [-0.3, -0.25) is 0 Å². The molecular formula is C10H8Cl2INO3. The molecule has 0 bridgehead atoms. The Morgan fingerprint density at radius 2 is 2.18 bits per heavy atom. The molecule has 4 nitrogen and oxygen atoms in total. The van der Waals surface area contributed by atoms with Gasteiger partial charge in [0, 0.05) is 11.4 Å². The van der Waals surface area contributed by atoms with Crippen molar-refractivity contribution in [3.05, 3.63) is 25.7 Å². The third kappa shape index (κ3) is 4.01. The van der Waals surface area contributed by atoms with Gasteiger partial charge in [0.1, 0.15) is 12.3 Å². The summed E-state index contributed by atoms with van der Waals surface area (Å²) in [5, 5.41) is 12.5. The number of nitrogens with one attached hydrogen (secondary N) is 1. The van der Waals surface area contributed by atoms with E-state index in [2.05, 4.69) is 5.32 Å². The van der Waals surface area contributed by atoms with Crippen LogP contribution in [0.4, 0.5) is 5.69 Å². The Labute approximate surface area is 121 Å². The van der Waals surface area contributed by atoms with Gasteiger partial charge in [-0.15, -0.1) is 0 Å². The first-order valence-corrected chi connectivity index (χ1v) is 6.36. The Balaban J connectivity index is 3.00. The SMILES string of the molecule is O=CCC(Nc1cc(Cl)cc(Cl)c1I)C(=O)O. The summed E-state index contributed by atoms with van der Waals surface area (Å²) in [6.45, 7) is 0. The number of aldehydes is 1. The monoisotopic (exact) mass is 387 g/mol. The average Bonchev–Trinajstić information content (AvgIpc) is 2.24. The molecule has 0 saturated carbocycles. The summed E-state index contributed by atoms with van der Waals surface area (Å²) < 4.78 is 0.658. The molecule has 0 radical (unpaired) electrons. The van der Waals surface area contributed by atoms with Crippen molar-refractivity contribution in [2.45, 2.75) is 12.5 Å². The maximum absolute atomic E-state index is 10.9. The first-order chi connectivity index (χ1) is 7.95. The molecule has 1 rings (SSSR count). The van der Waals surface area contributed by atoms with Crippen molar-refractivity contribution in [1.82, 2.24) is 0 Å². The van der Waals surface area contributed by atoms with Crippen LogP contribution in [0.2, 0.25) is 10.0 Å². The molecule has 0 heterocycles. The molecule has 7 heteroatoms. The normalized spacial score (nSPS) is 11.9. The number of carboxylic acid groups (broad SMARTS) is 1. The van der Waals surface area contributed by atoms with Gasteiger partial charge >= 0.3 is 5.97 Å². The van der Waals surface area contributed by atoms with Crippen LogP contribution in [0.15, 0.2) is 12.1 Å². The molecule has 0 spiro atoms. The molecule has 1 unspecified atom stereocenters. The number of halogens is 3. The Morgan fingerprint density at radius 1 is 1.53 bits per heavy atom. The number of rotatable bonds is 5. The van der Waals surface area contributed by atoms with Crippen LogP contribution >= 0.6 is 45.8 Å². The van der Waals surface area contributed by atoms with Crippen LogP contribution in [0.3, 0.4) is 0 Å².